The van der Waals surface area contributed by atoms with Crippen LogP contribution in [0.5, 0.6) is 23.0 Å². The van der Waals surface area contributed by atoms with Gasteiger partial charge in [0.15, 0.2) is 27.8 Å². The summed E-state index contributed by atoms with van der Waals surface area (Å²) in [5.41, 5.74) is 1.52. The van der Waals surface area contributed by atoms with Crippen LogP contribution in [0.1, 0.15) is 50.8 Å². The fourth-order valence-electron chi connectivity index (χ4n) is 4.57. The maximum atomic E-state index is 14.0. The van der Waals surface area contributed by atoms with E-state index in [9.17, 15) is 14.4 Å². The van der Waals surface area contributed by atoms with Crippen LogP contribution in [0.25, 0.3) is 6.08 Å². The van der Waals surface area contributed by atoms with Gasteiger partial charge in [-0.1, -0.05) is 49.5 Å². The quantitative estimate of drug-likeness (QED) is 0.131. The molecule has 0 spiro atoms. The molecule has 0 aliphatic carbocycles. The molecule has 1 atom stereocenters. The van der Waals surface area contributed by atoms with Crippen LogP contribution >= 0.6 is 11.3 Å². The second-order valence-corrected chi connectivity index (χ2v) is 10.6. The van der Waals surface area contributed by atoms with Crippen molar-refractivity contribution in [2.24, 2.45) is 4.99 Å². The first-order valence-corrected chi connectivity index (χ1v) is 14.5. The van der Waals surface area contributed by atoms with E-state index in [0.717, 1.165) is 18.4 Å². The van der Waals surface area contributed by atoms with E-state index in [4.69, 9.17) is 23.7 Å². The van der Waals surface area contributed by atoms with Gasteiger partial charge in [-0.2, -0.15) is 0 Å². The number of aromatic nitrogens is 1. The smallest absolute Gasteiger partial charge is 0.338 e. The van der Waals surface area contributed by atoms with Gasteiger partial charge in [-0.3, -0.25) is 14.2 Å². The first-order valence-electron chi connectivity index (χ1n) is 13.7. The number of ether oxygens (including phenoxy) is 5. The minimum Gasteiger partial charge on any atom is -0.493 e. The van der Waals surface area contributed by atoms with Crippen LogP contribution < -0.4 is 33.8 Å². The van der Waals surface area contributed by atoms with Crippen molar-refractivity contribution in [3.63, 3.8) is 0 Å². The van der Waals surface area contributed by atoms with Crippen molar-refractivity contribution in [3.05, 3.63) is 91.1 Å². The van der Waals surface area contributed by atoms with E-state index in [1.165, 1.54) is 36.0 Å². The van der Waals surface area contributed by atoms with E-state index in [0.29, 0.717) is 38.7 Å². The van der Waals surface area contributed by atoms with Crippen LogP contribution in [0.2, 0.25) is 0 Å². The minimum absolute atomic E-state index is 0.0124. The molecule has 10 nitrogen and oxygen atoms in total. The third-order valence-electron chi connectivity index (χ3n) is 6.57. The standard InChI is InChI=1S/C32H34N2O8S/c1-7-9-15-40-23-12-10-21(16-25(23)38-5)17-27-30(36)34-29(22-11-13-24(42-20(4)35)26(18-22)39-6)28(31(37)41-14-8-2)19(3)33-32(34)43-27/h8,10-13,16-18,29H,2,7,9,14-15H2,1,3-6H3. The molecule has 0 N–H and O–H groups in total. The third kappa shape index (κ3) is 6.89. The molecule has 1 aliphatic heterocycles. The van der Waals surface area contributed by atoms with Crippen molar-refractivity contribution >= 4 is 29.4 Å². The summed E-state index contributed by atoms with van der Waals surface area (Å²) >= 11 is 1.20. The molecule has 1 unspecified atom stereocenters. The summed E-state index contributed by atoms with van der Waals surface area (Å²) in [6.45, 7) is 9.25. The zero-order valence-corrected chi connectivity index (χ0v) is 25.6. The Labute approximate surface area is 253 Å². The highest BCUT2D eigenvalue weighted by Crippen LogP contribution is 2.36. The molecule has 11 heteroatoms. The maximum Gasteiger partial charge on any atom is 0.338 e. The highest BCUT2D eigenvalue weighted by Gasteiger charge is 2.34. The molecule has 4 rings (SSSR count). The highest BCUT2D eigenvalue weighted by molar-refractivity contribution is 7.07. The predicted molar refractivity (Wildman–Crippen MR) is 163 cm³/mol. The number of methoxy groups -OCH3 is 2. The minimum atomic E-state index is -0.889. The van der Waals surface area contributed by atoms with Gasteiger partial charge in [0.05, 0.1) is 42.7 Å². The Balaban J connectivity index is 1.86. The number of carbonyl (C=O) groups excluding carboxylic acids is 2. The number of fused-ring (bicyclic) bond motifs is 1. The van der Waals surface area contributed by atoms with Crippen LogP contribution in [-0.4, -0.2) is 43.9 Å². The van der Waals surface area contributed by atoms with Gasteiger partial charge in [-0.15, -0.1) is 0 Å². The Kier molecular flexibility index (Phi) is 10.2. The molecule has 0 saturated carbocycles. The van der Waals surface area contributed by atoms with Crippen molar-refractivity contribution in [1.82, 2.24) is 4.57 Å². The largest absolute Gasteiger partial charge is 0.493 e. The van der Waals surface area contributed by atoms with E-state index in [-0.39, 0.29) is 29.2 Å². The van der Waals surface area contributed by atoms with Gasteiger partial charge in [0, 0.05) is 6.92 Å². The number of esters is 2. The second-order valence-electron chi connectivity index (χ2n) is 9.59. The molecule has 0 bridgehead atoms. The monoisotopic (exact) mass is 606 g/mol. The van der Waals surface area contributed by atoms with E-state index in [1.54, 1.807) is 44.4 Å². The molecule has 226 valence electrons. The molecule has 0 saturated heterocycles. The normalized spacial score (nSPS) is 14.4. The lowest BCUT2D eigenvalue weighted by molar-refractivity contribution is -0.138. The number of hydrogen-bond donors (Lipinski definition) is 0. The number of rotatable bonds is 12. The van der Waals surface area contributed by atoms with Gasteiger partial charge in [0.25, 0.3) is 5.56 Å². The topological polar surface area (TPSA) is 115 Å². The fourth-order valence-corrected chi connectivity index (χ4v) is 5.62. The zero-order chi connectivity index (χ0) is 31.1. The number of thiazole rings is 1. The van der Waals surface area contributed by atoms with Crippen molar-refractivity contribution in [2.45, 2.75) is 39.7 Å². The molecule has 3 aromatic rings. The summed E-state index contributed by atoms with van der Waals surface area (Å²) in [6, 6.07) is 9.44. The number of nitrogens with zero attached hydrogens (tertiary/aromatic N) is 2. The number of hydrogen-bond acceptors (Lipinski definition) is 10. The SMILES string of the molecule is C=CCOC(=O)C1=C(C)N=c2sc(=Cc3ccc(OCCCC)c(OC)c3)c(=O)n2C1c1ccc(OC(C)=O)c(OC)c1. The Hall–Kier alpha value is -4.64. The van der Waals surface area contributed by atoms with E-state index < -0.39 is 18.0 Å². The summed E-state index contributed by atoms with van der Waals surface area (Å²) in [5, 5.41) is 0. The predicted octanol–water partition coefficient (Wildman–Crippen LogP) is 4.09. The van der Waals surface area contributed by atoms with E-state index in [1.807, 2.05) is 12.1 Å². The maximum absolute atomic E-state index is 14.0. The van der Waals surface area contributed by atoms with Gasteiger partial charge in [0.2, 0.25) is 0 Å². The zero-order valence-electron chi connectivity index (χ0n) is 24.8. The average molecular weight is 607 g/mol. The number of carbonyl (C=O) groups is 2. The molecule has 2 aromatic carbocycles. The fraction of sp³-hybridized carbons (Fsp3) is 0.312. The molecule has 0 radical (unpaired) electrons. The molecule has 0 amide bonds. The van der Waals surface area contributed by atoms with Crippen LogP contribution in [-0.2, 0) is 14.3 Å². The number of unbranched alkanes of at least 4 members (excludes halogenated alkanes) is 1. The highest BCUT2D eigenvalue weighted by atomic mass is 32.1. The van der Waals surface area contributed by atoms with Crippen molar-refractivity contribution in [1.29, 1.82) is 0 Å². The molecular weight excluding hydrogens is 572 g/mol. The molecular formula is C32H34N2O8S. The molecule has 0 fully saturated rings. The lowest BCUT2D eigenvalue weighted by Gasteiger charge is -2.25. The summed E-state index contributed by atoms with van der Waals surface area (Å²) < 4.78 is 29.4. The van der Waals surface area contributed by atoms with E-state index in [2.05, 4.69) is 18.5 Å². The average Bonchev–Trinajstić information content (AvgIpc) is 3.29. The Morgan fingerprint density at radius 2 is 1.79 bits per heavy atom. The number of benzene rings is 2. The van der Waals surface area contributed by atoms with Crippen LogP contribution in [0, 0.1) is 0 Å². The van der Waals surface area contributed by atoms with E-state index >= 15 is 0 Å². The molecule has 1 aliphatic rings. The third-order valence-corrected chi connectivity index (χ3v) is 7.55. The number of allylic oxidation sites excluding steroid dienone is 1. The molecule has 43 heavy (non-hydrogen) atoms. The van der Waals surface area contributed by atoms with Gasteiger partial charge >= 0.3 is 11.9 Å². The first-order chi connectivity index (χ1) is 20.7. The van der Waals surface area contributed by atoms with Crippen LogP contribution in [0.15, 0.2) is 70.1 Å². The van der Waals surface area contributed by atoms with Crippen molar-refractivity contribution in [2.75, 3.05) is 27.4 Å². The van der Waals surface area contributed by atoms with Crippen LogP contribution in [0.4, 0.5) is 0 Å². The lowest BCUT2D eigenvalue weighted by atomic mass is 9.95. The Bertz CT molecular complexity index is 1750. The van der Waals surface area contributed by atoms with Crippen LogP contribution in [0.3, 0.4) is 0 Å². The Morgan fingerprint density at radius 3 is 2.47 bits per heavy atom. The summed E-state index contributed by atoms with van der Waals surface area (Å²) in [6.07, 6.45) is 5.15. The first kappa shape index (κ1) is 31.3. The molecule has 2 heterocycles. The van der Waals surface area contributed by atoms with Gasteiger partial charge < -0.3 is 23.7 Å². The lowest BCUT2D eigenvalue weighted by Crippen LogP contribution is -2.40. The summed E-state index contributed by atoms with van der Waals surface area (Å²) in [4.78, 5) is 43.9. The van der Waals surface area contributed by atoms with Crippen molar-refractivity contribution in [3.8, 4) is 23.0 Å². The molecule has 1 aromatic heterocycles. The Morgan fingerprint density at radius 1 is 1.07 bits per heavy atom. The summed E-state index contributed by atoms with van der Waals surface area (Å²) in [7, 11) is 3.00. The van der Waals surface area contributed by atoms with Gasteiger partial charge in [0.1, 0.15) is 6.61 Å². The van der Waals surface area contributed by atoms with Gasteiger partial charge in [-0.25, -0.2) is 9.79 Å². The summed E-state index contributed by atoms with van der Waals surface area (Å²) in [5.74, 6) is 0.500. The second kappa shape index (κ2) is 14.0. The van der Waals surface area contributed by atoms with Gasteiger partial charge in [-0.05, 0) is 54.8 Å². The van der Waals surface area contributed by atoms with Crippen molar-refractivity contribution < 1.29 is 33.3 Å².